The van der Waals surface area contributed by atoms with Crippen LogP contribution in [0.5, 0.6) is 0 Å². The maximum atomic E-state index is 12.1. The van der Waals surface area contributed by atoms with Crippen molar-refractivity contribution in [2.24, 2.45) is 5.92 Å². The van der Waals surface area contributed by atoms with E-state index >= 15 is 0 Å². The van der Waals surface area contributed by atoms with Crippen molar-refractivity contribution in [3.05, 3.63) is 29.8 Å². The highest BCUT2D eigenvalue weighted by Gasteiger charge is 2.23. The van der Waals surface area contributed by atoms with E-state index in [1.54, 1.807) is 12.1 Å². The minimum Gasteiger partial charge on any atom is -0.398 e. The predicted octanol–water partition coefficient (Wildman–Crippen LogP) is 0.997. The van der Waals surface area contributed by atoms with Gasteiger partial charge in [-0.15, -0.1) is 0 Å². The molecule has 4 nitrogen and oxygen atoms in total. The molecule has 1 aliphatic heterocycles. The van der Waals surface area contributed by atoms with Crippen LogP contribution < -0.4 is 16.4 Å². The number of carbonyl (C=O) groups is 1. The number of hydrogen-bond donors (Lipinski definition) is 3. The summed E-state index contributed by atoms with van der Waals surface area (Å²) in [5, 5.41) is 6.38. The highest BCUT2D eigenvalue weighted by molar-refractivity contribution is 5.99. The van der Waals surface area contributed by atoms with Gasteiger partial charge in [-0.2, -0.15) is 0 Å². The number of piperidine rings is 1. The molecule has 0 bridgehead atoms. The first-order valence-electron chi connectivity index (χ1n) is 6.04. The molecular formula is C13H19N3O. The van der Waals surface area contributed by atoms with Crippen LogP contribution in [0.15, 0.2) is 24.3 Å². The van der Waals surface area contributed by atoms with Crippen molar-refractivity contribution in [1.29, 1.82) is 0 Å². The molecule has 17 heavy (non-hydrogen) atoms. The van der Waals surface area contributed by atoms with E-state index in [1.165, 1.54) is 0 Å². The second-order valence-electron chi connectivity index (χ2n) is 4.64. The summed E-state index contributed by atoms with van der Waals surface area (Å²) >= 11 is 0. The molecule has 1 aliphatic rings. The molecule has 2 atom stereocenters. The van der Waals surface area contributed by atoms with Crippen LogP contribution in [-0.2, 0) is 0 Å². The fourth-order valence-corrected chi connectivity index (χ4v) is 2.18. The first-order chi connectivity index (χ1) is 8.18. The molecule has 2 rings (SSSR count). The third kappa shape index (κ3) is 2.77. The average Bonchev–Trinajstić information content (AvgIpc) is 2.32. The summed E-state index contributed by atoms with van der Waals surface area (Å²) in [5.41, 5.74) is 6.89. The minimum atomic E-state index is -0.0677. The fraction of sp³-hybridized carbons (Fsp3) is 0.462. The maximum Gasteiger partial charge on any atom is 0.253 e. The molecule has 92 valence electrons. The third-order valence-electron chi connectivity index (χ3n) is 3.31. The molecule has 1 heterocycles. The molecule has 0 aliphatic carbocycles. The van der Waals surface area contributed by atoms with Crippen LogP contribution in [0.2, 0.25) is 0 Å². The Labute approximate surface area is 102 Å². The van der Waals surface area contributed by atoms with Crippen molar-refractivity contribution in [1.82, 2.24) is 10.6 Å². The standard InChI is InChI=1S/C13H19N3O/c1-9-8-15-7-6-12(9)16-13(17)10-4-2-3-5-11(10)14/h2-5,9,12,15H,6-8,14H2,1H3,(H,16,17). The number of amides is 1. The molecule has 0 aromatic heterocycles. The molecule has 1 aromatic carbocycles. The van der Waals surface area contributed by atoms with Crippen molar-refractivity contribution in [2.75, 3.05) is 18.8 Å². The Bertz CT molecular complexity index is 405. The molecule has 4 N–H and O–H groups in total. The minimum absolute atomic E-state index is 0.0677. The smallest absolute Gasteiger partial charge is 0.253 e. The highest BCUT2D eigenvalue weighted by atomic mass is 16.1. The van der Waals surface area contributed by atoms with Crippen LogP contribution in [0.3, 0.4) is 0 Å². The second kappa shape index (κ2) is 5.19. The number of anilines is 1. The van der Waals surface area contributed by atoms with Gasteiger partial charge in [0.2, 0.25) is 0 Å². The number of rotatable bonds is 2. The van der Waals surface area contributed by atoms with E-state index in [-0.39, 0.29) is 11.9 Å². The van der Waals surface area contributed by atoms with Crippen molar-refractivity contribution < 1.29 is 4.79 Å². The summed E-state index contributed by atoms with van der Waals surface area (Å²) in [6.45, 7) is 4.06. The Kier molecular flexibility index (Phi) is 3.64. The largest absolute Gasteiger partial charge is 0.398 e. The molecule has 0 saturated carbocycles. The van der Waals surface area contributed by atoms with Crippen molar-refractivity contribution in [2.45, 2.75) is 19.4 Å². The Morgan fingerprint density at radius 3 is 2.94 bits per heavy atom. The van der Waals surface area contributed by atoms with Gasteiger partial charge in [-0.3, -0.25) is 4.79 Å². The van der Waals surface area contributed by atoms with Crippen LogP contribution in [0.1, 0.15) is 23.7 Å². The van der Waals surface area contributed by atoms with E-state index in [1.807, 2.05) is 12.1 Å². The summed E-state index contributed by atoms with van der Waals surface area (Å²) in [6.07, 6.45) is 0.972. The van der Waals surface area contributed by atoms with Crippen molar-refractivity contribution >= 4 is 11.6 Å². The number of nitrogens with two attached hydrogens (primary N) is 1. The molecule has 1 aromatic rings. The monoisotopic (exact) mass is 233 g/mol. The lowest BCUT2D eigenvalue weighted by atomic mass is 9.95. The van der Waals surface area contributed by atoms with E-state index in [2.05, 4.69) is 17.6 Å². The van der Waals surface area contributed by atoms with Crippen LogP contribution in [0.25, 0.3) is 0 Å². The number of para-hydroxylation sites is 1. The van der Waals surface area contributed by atoms with E-state index in [0.29, 0.717) is 17.2 Å². The Morgan fingerprint density at radius 1 is 1.47 bits per heavy atom. The van der Waals surface area contributed by atoms with Gasteiger partial charge in [-0.05, 0) is 37.6 Å². The van der Waals surface area contributed by atoms with Crippen LogP contribution in [0, 0.1) is 5.92 Å². The second-order valence-corrected chi connectivity index (χ2v) is 4.64. The van der Waals surface area contributed by atoms with Gasteiger partial charge in [0.05, 0.1) is 5.56 Å². The lowest BCUT2D eigenvalue weighted by molar-refractivity contribution is 0.0915. The van der Waals surface area contributed by atoms with Gasteiger partial charge < -0.3 is 16.4 Å². The Morgan fingerprint density at radius 2 is 2.24 bits per heavy atom. The van der Waals surface area contributed by atoms with Gasteiger partial charge in [0, 0.05) is 11.7 Å². The number of benzene rings is 1. The van der Waals surface area contributed by atoms with Crippen LogP contribution in [-0.4, -0.2) is 25.0 Å². The van der Waals surface area contributed by atoms with Gasteiger partial charge in [0.15, 0.2) is 0 Å². The van der Waals surface area contributed by atoms with E-state index in [0.717, 1.165) is 19.5 Å². The summed E-state index contributed by atoms with van der Waals surface area (Å²) in [7, 11) is 0. The van der Waals surface area contributed by atoms with Crippen molar-refractivity contribution in [3.63, 3.8) is 0 Å². The topological polar surface area (TPSA) is 67.1 Å². The van der Waals surface area contributed by atoms with E-state index in [4.69, 9.17) is 5.73 Å². The molecule has 4 heteroatoms. The van der Waals surface area contributed by atoms with Gasteiger partial charge in [0.25, 0.3) is 5.91 Å². The molecule has 1 amide bonds. The van der Waals surface area contributed by atoms with Gasteiger partial charge in [-0.25, -0.2) is 0 Å². The third-order valence-corrected chi connectivity index (χ3v) is 3.31. The first kappa shape index (κ1) is 11.9. The Hall–Kier alpha value is -1.55. The zero-order valence-electron chi connectivity index (χ0n) is 10.1. The van der Waals surface area contributed by atoms with Gasteiger partial charge in [-0.1, -0.05) is 19.1 Å². The van der Waals surface area contributed by atoms with Gasteiger partial charge >= 0.3 is 0 Å². The van der Waals surface area contributed by atoms with E-state index < -0.39 is 0 Å². The predicted molar refractivity (Wildman–Crippen MR) is 68.8 cm³/mol. The number of nitrogen functional groups attached to an aromatic ring is 1. The SMILES string of the molecule is CC1CNCCC1NC(=O)c1ccccc1N. The first-order valence-corrected chi connectivity index (χ1v) is 6.04. The highest BCUT2D eigenvalue weighted by Crippen LogP contribution is 2.14. The van der Waals surface area contributed by atoms with Crippen LogP contribution in [0.4, 0.5) is 5.69 Å². The fourth-order valence-electron chi connectivity index (χ4n) is 2.18. The summed E-state index contributed by atoms with van der Waals surface area (Å²) in [5.74, 6) is 0.388. The quantitative estimate of drug-likeness (QED) is 0.667. The Balaban J connectivity index is 2.04. The maximum absolute atomic E-state index is 12.1. The van der Waals surface area contributed by atoms with Crippen molar-refractivity contribution in [3.8, 4) is 0 Å². The summed E-state index contributed by atoms with van der Waals surface area (Å²) in [4.78, 5) is 12.1. The summed E-state index contributed by atoms with van der Waals surface area (Å²) < 4.78 is 0. The average molecular weight is 233 g/mol. The molecule has 1 fully saturated rings. The molecule has 0 radical (unpaired) electrons. The molecule has 2 unspecified atom stereocenters. The molecule has 1 saturated heterocycles. The number of hydrogen-bond acceptors (Lipinski definition) is 3. The zero-order chi connectivity index (χ0) is 12.3. The number of carbonyl (C=O) groups excluding carboxylic acids is 1. The molecule has 0 spiro atoms. The van der Waals surface area contributed by atoms with Crippen LogP contribution >= 0.6 is 0 Å². The summed E-state index contributed by atoms with van der Waals surface area (Å²) in [6, 6.07) is 7.41. The van der Waals surface area contributed by atoms with Gasteiger partial charge in [0.1, 0.15) is 0 Å². The number of nitrogens with one attached hydrogen (secondary N) is 2. The van der Waals surface area contributed by atoms with E-state index in [9.17, 15) is 4.79 Å². The lowest BCUT2D eigenvalue weighted by Gasteiger charge is -2.30. The normalized spacial score (nSPS) is 24.3. The molecular weight excluding hydrogens is 214 g/mol. The zero-order valence-corrected chi connectivity index (χ0v) is 10.1. The lowest BCUT2D eigenvalue weighted by Crippen LogP contribution is -2.48.